The highest BCUT2D eigenvalue weighted by Gasteiger charge is 2.13. The summed E-state index contributed by atoms with van der Waals surface area (Å²) in [5.74, 6) is 1.11. The van der Waals surface area contributed by atoms with Gasteiger partial charge in [-0.15, -0.1) is 10.2 Å². The van der Waals surface area contributed by atoms with Gasteiger partial charge in [-0.25, -0.2) is 8.42 Å². The minimum atomic E-state index is -3.20. The molecule has 0 aliphatic rings. The average Bonchev–Trinajstić information content (AvgIpc) is 2.80. The number of nitrogens with zero attached hydrogens (tertiary/aromatic N) is 3. The Morgan fingerprint density at radius 3 is 2.32 bits per heavy atom. The summed E-state index contributed by atoms with van der Waals surface area (Å²) in [5, 5.41) is 17.1. The molecule has 1 aromatic carbocycles. The van der Waals surface area contributed by atoms with Crippen LogP contribution in [0.4, 0.5) is 0 Å². The van der Waals surface area contributed by atoms with E-state index in [9.17, 15) is 8.42 Å². The van der Waals surface area contributed by atoms with Gasteiger partial charge in [-0.05, 0) is 31.2 Å². The number of hydrogen-bond acceptors (Lipinski definition) is 5. The second-order valence-corrected chi connectivity index (χ2v) is 6.15. The van der Waals surface area contributed by atoms with Crippen LogP contribution >= 0.6 is 0 Å². The Labute approximate surface area is 111 Å². The molecule has 0 spiro atoms. The molecule has 0 aliphatic carbocycles. The number of aliphatic hydroxyl groups excluding tert-OH is 1. The highest BCUT2D eigenvalue weighted by Crippen LogP contribution is 2.20. The van der Waals surface area contributed by atoms with E-state index >= 15 is 0 Å². The van der Waals surface area contributed by atoms with Crippen LogP contribution in [0.15, 0.2) is 29.2 Å². The maximum atomic E-state index is 11.4. The van der Waals surface area contributed by atoms with Crippen LogP contribution in [-0.2, 0) is 23.0 Å². The fraction of sp³-hybridized carbons (Fsp3) is 0.333. The lowest BCUT2D eigenvalue weighted by atomic mass is 10.2. The zero-order valence-electron chi connectivity index (χ0n) is 10.7. The minimum Gasteiger partial charge on any atom is -0.388 e. The monoisotopic (exact) mass is 281 g/mol. The number of aromatic nitrogens is 3. The first-order valence-corrected chi connectivity index (χ1v) is 7.70. The molecule has 0 saturated heterocycles. The molecule has 0 saturated carbocycles. The minimum absolute atomic E-state index is 0.178. The standard InChI is InChI=1S/C12H15N3O3S/c1-3-15-11(8-16)13-14-12(15)9-4-6-10(7-5-9)19(2,17)18/h4-7,16H,3,8H2,1-2H3. The maximum Gasteiger partial charge on any atom is 0.175 e. The highest BCUT2D eigenvalue weighted by atomic mass is 32.2. The van der Waals surface area contributed by atoms with Crippen LogP contribution in [0.3, 0.4) is 0 Å². The lowest BCUT2D eigenvalue weighted by molar-refractivity contribution is 0.265. The molecule has 0 aliphatic heterocycles. The van der Waals surface area contributed by atoms with E-state index < -0.39 is 9.84 Å². The zero-order chi connectivity index (χ0) is 14.0. The van der Waals surface area contributed by atoms with Gasteiger partial charge in [0, 0.05) is 18.4 Å². The van der Waals surface area contributed by atoms with Crippen molar-refractivity contribution in [3.8, 4) is 11.4 Å². The third kappa shape index (κ3) is 2.66. The van der Waals surface area contributed by atoms with Gasteiger partial charge in [-0.3, -0.25) is 0 Å². The first-order chi connectivity index (χ1) is 8.97. The average molecular weight is 281 g/mol. The lowest BCUT2D eigenvalue weighted by Gasteiger charge is -2.06. The topological polar surface area (TPSA) is 85.1 Å². The summed E-state index contributed by atoms with van der Waals surface area (Å²) in [6.45, 7) is 2.38. The van der Waals surface area contributed by atoms with E-state index in [2.05, 4.69) is 10.2 Å². The number of aliphatic hydroxyl groups is 1. The molecule has 0 radical (unpaired) electrons. The van der Waals surface area contributed by atoms with Crippen molar-refractivity contribution in [1.29, 1.82) is 0 Å². The Morgan fingerprint density at radius 2 is 1.84 bits per heavy atom. The molecular formula is C12H15N3O3S. The molecular weight excluding hydrogens is 266 g/mol. The summed E-state index contributed by atoms with van der Waals surface area (Å²) < 4.78 is 24.6. The van der Waals surface area contributed by atoms with E-state index in [-0.39, 0.29) is 11.5 Å². The van der Waals surface area contributed by atoms with E-state index in [0.29, 0.717) is 18.2 Å². The summed E-state index contributed by atoms with van der Waals surface area (Å²) in [6.07, 6.45) is 1.17. The van der Waals surface area contributed by atoms with Gasteiger partial charge < -0.3 is 9.67 Å². The quantitative estimate of drug-likeness (QED) is 0.898. The van der Waals surface area contributed by atoms with Crippen molar-refractivity contribution in [1.82, 2.24) is 14.8 Å². The van der Waals surface area contributed by atoms with Crippen molar-refractivity contribution >= 4 is 9.84 Å². The van der Waals surface area contributed by atoms with Crippen molar-refractivity contribution in [2.75, 3.05) is 6.26 Å². The Kier molecular flexibility index (Phi) is 3.68. The molecule has 0 unspecified atom stereocenters. The molecule has 2 aromatic rings. The number of hydrogen-bond donors (Lipinski definition) is 1. The maximum absolute atomic E-state index is 11.4. The van der Waals surface area contributed by atoms with E-state index in [4.69, 9.17) is 5.11 Å². The lowest BCUT2D eigenvalue weighted by Crippen LogP contribution is -2.03. The van der Waals surface area contributed by atoms with Crippen molar-refractivity contribution in [3.63, 3.8) is 0 Å². The van der Waals surface area contributed by atoms with Gasteiger partial charge in [0.25, 0.3) is 0 Å². The Bertz CT molecular complexity index is 675. The fourth-order valence-electron chi connectivity index (χ4n) is 1.85. The van der Waals surface area contributed by atoms with Crippen molar-refractivity contribution in [2.24, 2.45) is 0 Å². The number of benzene rings is 1. The Hall–Kier alpha value is -1.73. The highest BCUT2D eigenvalue weighted by molar-refractivity contribution is 7.90. The molecule has 0 bridgehead atoms. The summed E-state index contributed by atoms with van der Waals surface area (Å²) in [7, 11) is -3.20. The van der Waals surface area contributed by atoms with Crippen LogP contribution in [0.25, 0.3) is 11.4 Å². The molecule has 0 atom stereocenters. The van der Waals surface area contributed by atoms with E-state index in [1.165, 1.54) is 18.4 Å². The largest absolute Gasteiger partial charge is 0.388 e. The Morgan fingerprint density at radius 1 is 1.21 bits per heavy atom. The molecule has 1 N–H and O–H groups in total. The molecule has 1 aromatic heterocycles. The molecule has 2 rings (SSSR count). The zero-order valence-corrected chi connectivity index (χ0v) is 11.6. The molecule has 0 fully saturated rings. The molecule has 19 heavy (non-hydrogen) atoms. The molecule has 102 valence electrons. The van der Waals surface area contributed by atoms with Gasteiger partial charge in [0.1, 0.15) is 6.61 Å². The normalized spacial score (nSPS) is 11.7. The number of rotatable bonds is 4. The van der Waals surface area contributed by atoms with Gasteiger partial charge in [-0.2, -0.15) is 0 Å². The third-order valence-electron chi connectivity index (χ3n) is 2.83. The van der Waals surface area contributed by atoms with E-state index in [1.807, 2.05) is 6.92 Å². The van der Waals surface area contributed by atoms with E-state index in [0.717, 1.165) is 5.56 Å². The van der Waals surface area contributed by atoms with E-state index in [1.54, 1.807) is 16.7 Å². The summed E-state index contributed by atoms with van der Waals surface area (Å²) in [4.78, 5) is 0.265. The van der Waals surface area contributed by atoms with Crippen LogP contribution in [-0.4, -0.2) is 34.5 Å². The second kappa shape index (κ2) is 5.10. The van der Waals surface area contributed by atoms with Crippen molar-refractivity contribution < 1.29 is 13.5 Å². The van der Waals surface area contributed by atoms with Gasteiger partial charge in [0.05, 0.1) is 4.90 Å². The predicted octanol–water partition coefficient (Wildman–Crippen LogP) is 0.861. The first-order valence-electron chi connectivity index (χ1n) is 5.80. The van der Waals surface area contributed by atoms with Crippen molar-refractivity contribution in [2.45, 2.75) is 25.0 Å². The van der Waals surface area contributed by atoms with Gasteiger partial charge >= 0.3 is 0 Å². The van der Waals surface area contributed by atoms with Crippen LogP contribution in [0, 0.1) is 0 Å². The number of sulfone groups is 1. The molecule has 1 heterocycles. The van der Waals surface area contributed by atoms with Gasteiger partial charge in [-0.1, -0.05) is 0 Å². The molecule has 6 nitrogen and oxygen atoms in total. The van der Waals surface area contributed by atoms with Gasteiger partial charge in [0.15, 0.2) is 21.5 Å². The van der Waals surface area contributed by atoms with Crippen LogP contribution in [0.1, 0.15) is 12.7 Å². The van der Waals surface area contributed by atoms with Crippen LogP contribution in [0.5, 0.6) is 0 Å². The summed E-state index contributed by atoms with van der Waals surface area (Å²) in [6, 6.07) is 6.46. The smallest absolute Gasteiger partial charge is 0.175 e. The molecule has 7 heteroatoms. The third-order valence-corrected chi connectivity index (χ3v) is 3.95. The van der Waals surface area contributed by atoms with Gasteiger partial charge in [0.2, 0.25) is 0 Å². The summed E-state index contributed by atoms with van der Waals surface area (Å²) >= 11 is 0. The van der Waals surface area contributed by atoms with Crippen LogP contribution in [0.2, 0.25) is 0 Å². The SMILES string of the molecule is CCn1c(CO)nnc1-c1ccc(S(C)(=O)=O)cc1. The molecule has 0 amide bonds. The van der Waals surface area contributed by atoms with Crippen LogP contribution < -0.4 is 0 Å². The Balaban J connectivity index is 2.46. The first kappa shape index (κ1) is 13.7. The summed E-state index contributed by atoms with van der Waals surface area (Å²) in [5.41, 5.74) is 0.765. The second-order valence-electron chi connectivity index (χ2n) is 4.14. The van der Waals surface area contributed by atoms with Crippen molar-refractivity contribution in [3.05, 3.63) is 30.1 Å². The predicted molar refractivity (Wildman–Crippen MR) is 70.2 cm³/mol. The fourth-order valence-corrected chi connectivity index (χ4v) is 2.48.